The number of fused-ring (bicyclic) bond motifs is 1. The van der Waals surface area contributed by atoms with Crippen LogP contribution in [0.1, 0.15) is 11.1 Å². The highest BCUT2D eigenvalue weighted by Crippen LogP contribution is 2.37. The number of amidine groups is 1. The van der Waals surface area contributed by atoms with Gasteiger partial charge in [-0.3, -0.25) is 20.8 Å². The number of rotatable bonds is 4. The summed E-state index contributed by atoms with van der Waals surface area (Å²) in [4.78, 5) is 13.0. The molecule has 3 heterocycles. The number of hydroxylamine groups is 1. The molecule has 0 aliphatic heterocycles. The van der Waals surface area contributed by atoms with Gasteiger partial charge in [-0.1, -0.05) is 18.2 Å². The fourth-order valence-corrected chi connectivity index (χ4v) is 3.68. The van der Waals surface area contributed by atoms with E-state index in [9.17, 15) is 10.5 Å². The first-order valence-corrected chi connectivity index (χ1v) is 8.85. The lowest BCUT2D eigenvalue weighted by Gasteiger charge is -2.08. The Bertz CT molecular complexity index is 1150. The zero-order valence-electron chi connectivity index (χ0n) is 13.9. The van der Waals surface area contributed by atoms with E-state index in [1.54, 1.807) is 11.6 Å². The molecule has 3 N–H and O–H groups in total. The SMILES string of the molecule is N#Cc1csc(N=C(Cc2cccc3ncccc23)NO)c1-c1ncn[nH]1. The van der Waals surface area contributed by atoms with Crippen LogP contribution < -0.4 is 5.48 Å². The average molecular weight is 375 g/mol. The Morgan fingerprint density at radius 1 is 1.30 bits per heavy atom. The molecule has 0 radical (unpaired) electrons. The zero-order chi connectivity index (χ0) is 18.6. The fraction of sp³-hybridized carbons (Fsp3) is 0.0556. The van der Waals surface area contributed by atoms with Gasteiger partial charge in [-0.05, 0) is 17.7 Å². The molecule has 0 aliphatic rings. The van der Waals surface area contributed by atoms with Crippen molar-refractivity contribution in [1.82, 2.24) is 25.6 Å². The number of pyridine rings is 1. The molecule has 1 aromatic carbocycles. The van der Waals surface area contributed by atoms with Gasteiger partial charge >= 0.3 is 0 Å². The molecule has 9 heteroatoms. The molecule has 27 heavy (non-hydrogen) atoms. The lowest BCUT2D eigenvalue weighted by atomic mass is 10.1. The van der Waals surface area contributed by atoms with E-state index in [4.69, 9.17) is 0 Å². The molecule has 0 fully saturated rings. The van der Waals surface area contributed by atoms with Crippen LogP contribution >= 0.6 is 11.3 Å². The zero-order valence-corrected chi connectivity index (χ0v) is 14.7. The van der Waals surface area contributed by atoms with Crippen LogP contribution in [0.25, 0.3) is 22.3 Å². The monoisotopic (exact) mass is 375 g/mol. The molecule has 0 unspecified atom stereocenters. The molecular weight excluding hydrogens is 362 g/mol. The van der Waals surface area contributed by atoms with Gasteiger partial charge in [0.1, 0.15) is 23.2 Å². The van der Waals surface area contributed by atoms with Crippen LogP contribution in [-0.4, -0.2) is 31.2 Å². The molecule has 0 spiro atoms. The minimum atomic E-state index is 0.346. The number of hydrogen-bond donors (Lipinski definition) is 3. The van der Waals surface area contributed by atoms with Crippen molar-refractivity contribution in [2.24, 2.45) is 4.99 Å². The number of nitrogens with zero attached hydrogens (tertiary/aromatic N) is 5. The Hall–Kier alpha value is -3.61. The summed E-state index contributed by atoms with van der Waals surface area (Å²) in [5.41, 5.74) is 5.02. The van der Waals surface area contributed by atoms with Crippen LogP contribution in [0.15, 0.2) is 53.2 Å². The Kier molecular flexibility index (Phi) is 4.57. The van der Waals surface area contributed by atoms with Gasteiger partial charge in [0, 0.05) is 23.4 Å². The molecule has 0 bridgehead atoms. The number of aliphatic imine (C=N–C) groups is 1. The maximum absolute atomic E-state index is 9.61. The van der Waals surface area contributed by atoms with E-state index in [0.29, 0.717) is 34.2 Å². The topological polar surface area (TPSA) is 123 Å². The number of benzene rings is 1. The molecule has 0 aliphatic carbocycles. The van der Waals surface area contributed by atoms with Crippen molar-refractivity contribution in [2.75, 3.05) is 0 Å². The largest absolute Gasteiger partial charge is 0.290 e. The van der Waals surface area contributed by atoms with Gasteiger partial charge in [0.25, 0.3) is 0 Å². The standard InChI is InChI=1S/C18H13N7OS/c19-8-12-9-27-18(16(12)17-21-10-22-24-17)23-15(25-26)7-11-3-1-5-14-13(11)4-2-6-20-14/h1-6,9-10,26H,7H2,(H,23,25)(H,21,22,24). The summed E-state index contributed by atoms with van der Waals surface area (Å²) in [6, 6.07) is 11.8. The summed E-state index contributed by atoms with van der Waals surface area (Å²) in [5, 5.41) is 28.8. The van der Waals surface area contributed by atoms with E-state index >= 15 is 0 Å². The van der Waals surface area contributed by atoms with Gasteiger partial charge in [0.15, 0.2) is 5.82 Å². The molecule has 0 saturated heterocycles. The summed E-state index contributed by atoms with van der Waals surface area (Å²) in [7, 11) is 0. The van der Waals surface area contributed by atoms with Crippen molar-refractivity contribution in [2.45, 2.75) is 6.42 Å². The maximum Gasteiger partial charge on any atom is 0.159 e. The molecular formula is C18H13N7OS. The minimum Gasteiger partial charge on any atom is -0.290 e. The Morgan fingerprint density at radius 3 is 3.00 bits per heavy atom. The normalized spacial score (nSPS) is 11.5. The first-order chi connectivity index (χ1) is 13.3. The molecule has 3 aromatic heterocycles. The number of H-pyrrole nitrogens is 1. The van der Waals surface area contributed by atoms with Gasteiger partial charge in [-0.15, -0.1) is 11.3 Å². The molecule has 132 valence electrons. The van der Waals surface area contributed by atoms with Gasteiger partial charge < -0.3 is 0 Å². The molecule has 0 atom stereocenters. The fourth-order valence-electron chi connectivity index (χ4n) is 2.80. The van der Waals surface area contributed by atoms with Crippen molar-refractivity contribution < 1.29 is 5.21 Å². The minimum absolute atomic E-state index is 0.346. The Labute approximate surface area is 157 Å². The first kappa shape index (κ1) is 16.8. The Balaban J connectivity index is 1.75. The van der Waals surface area contributed by atoms with E-state index in [1.165, 1.54) is 17.7 Å². The molecule has 0 amide bonds. The smallest absolute Gasteiger partial charge is 0.159 e. The molecule has 4 aromatic rings. The highest BCUT2D eigenvalue weighted by atomic mass is 32.1. The second-order valence-electron chi connectivity index (χ2n) is 5.61. The van der Waals surface area contributed by atoms with Crippen molar-refractivity contribution in [3.05, 3.63) is 59.4 Å². The summed E-state index contributed by atoms with van der Waals surface area (Å²) < 4.78 is 0. The van der Waals surface area contributed by atoms with E-state index in [-0.39, 0.29) is 0 Å². The third-order valence-electron chi connectivity index (χ3n) is 4.00. The summed E-state index contributed by atoms with van der Waals surface area (Å²) in [6.45, 7) is 0. The highest BCUT2D eigenvalue weighted by molar-refractivity contribution is 7.14. The summed E-state index contributed by atoms with van der Waals surface area (Å²) in [6.07, 6.45) is 3.48. The van der Waals surface area contributed by atoms with Crippen LogP contribution in [0.5, 0.6) is 0 Å². The number of hydrogen-bond acceptors (Lipinski definition) is 7. The molecule has 8 nitrogen and oxygen atoms in total. The first-order valence-electron chi connectivity index (χ1n) is 7.97. The number of aromatic nitrogens is 4. The molecule has 0 saturated carbocycles. The summed E-state index contributed by atoms with van der Waals surface area (Å²) >= 11 is 1.30. The van der Waals surface area contributed by atoms with Crippen LogP contribution in [0.2, 0.25) is 0 Å². The van der Waals surface area contributed by atoms with Crippen molar-refractivity contribution in [1.29, 1.82) is 5.26 Å². The quantitative estimate of drug-likeness (QED) is 0.286. The van der Waals surface area contributed by atoms with Gasteiger partial charge in [0.2, 0.25) is 0 Å². The average Bonchev–Trinajstić information content (AvgIpc) is 3.37. The second kappa shape index (κ2) is 7.33. The number of thiophene rings is 1. The van der Waals surface area contributed by atoms with Crippen LogP contribution in [0, 0.1) is 11.3 Å². The lowest BCUT2D eigenvalue weighted by molar-refractivity contribution is 0.232. The highest BCUT2D eigenvalue weighted by Gasteiger charge is 2.17. The van der Waals surface area contributed by atoms with Crippen LogP contribution in [0.3, 0.4) is 0 Å². The number of nitriles is 1. The predicted molar refractivity (Wildman–Crippen MR) is 102 cm³/mol. The van der Waals surface area contributed by atoms with Crippen molar-refractivity contribution in [3.63, 3.8) is 0 Å². The predicted octanol–water partition coefficient (Wildman–Crippen LogP) is 3.20. The van der Waals surface area contributed by atoms with Crippen LogP contribution in [0.4, 0.5) is 5.00 Å². The van der Waals surface area contributed by atoms with Crippen LogP contribution in [-0.2, 0) is 6.42 Å². The number of nitrogens with one attached hydrogen (secondary N) is 2. The van der Waals surface area contributed by atoms with Crippen molar-refractivity contribution >= 4 is 33.1 Å². The van der Waals surface area contributed by atoms with Gasteiger partial charge in [-0.2, -0.15) is 10.4 Å². The maximum atomic E-state index is 9.61. The second-order valence-corrected chi connectivity index (χ2v) is 6.47. The van der Waals surface area contributed by atoms with Crippen molar-refractivity contribution in [3.8, 4) is 17.5 Å². The molecule has 4 rings (SSSR count). The van der Waals surface area contributed by atoms with Gasteiger partial charge in [-0.25, -0.2) is 9.98 Å². The van der Waals surface area contributed by atoms with E-state index in [1.807, 2.05) is 30.3 Å². The van der Waals surface area contributed by atoms with Gasteiger partial charge in [0.05, 0.1) is 16.6 Å². The number of aromatic amines is 1. The van der Waals surface area contributed by atoms with E-state index < -0.39 is 0 Å². The third-order valence-corrected chi connectivity index (χ3v) is 4.88. The Morgan fingerprint density at radius 2 is 2.22 bits per heavy atom. The van der Waals surface area contributed by atoms with E-state index in [0.717, 1.165) is 16.5 Å². The lowest BCUT2D eigenvalue weighted by Crippen LogP contribution is -2.21. The van der Waals surface area contributed by atoms with E-state index in [2.05, 4.69) is 36.7 Å². The summed E-state index contributed by atoms with van der Waals surface area (Å²) in [5.74, 6) is 0.802. The third kappa shape index (κ3) is 3.27.